The molecule has 2 unspecified atom stereocenters. The third-order valence-electron chi connectivity index (χ3n) is 6.92. The van der Waals surface area contributed by atoms with Crippen molar-refractivity contribution in [2.75, 3.05) is 0 Å². The van der Waals surface area contributed by atoms with Crippen LogP contribution < -0.4 is 0 Å². The topological polar surface area (TPSA) is 126 Å². The van der Waals surface area contributed by atoms with E-state index < -0.39 is 0 Å². The Kier molecular flexibility index (Phi) is 7.02. The fraction of sp³-hybridized carbons (Fsp3) is 0.423. The van der Waals surface area contributed by atoms with E-state index in [9.17, 15) is 4.79 Å². The minimum Gasteiger partial charge on any atom is -0.290 e. The molecule has 1 aliphatic rings. The number of H-pyrrole nitrogens is 2. The first-order chi connectivity index (χ1) is 17.2. The van der Waals surface area contributed by atoms with E-state index in [1.54, 1.807) is 12.4 Å². The van der Waals surface area contributed by atoms with Gasteiger partial charge in [-0.3, -0.25) is 14.9 Å². The first-order valence-electron chi connectivity index (χ1n) is 12.4. The number of carbonyl (C=O) groups is 1. The number of tetrazole rings is 1. The molecule has 0 saturated heterocycles. The molecule has 0 amide bonds. The predicted molar refractivity (Wildman–Crippen MR) is 131 cm³/mol. The normalized spacial score (nSPS) is 18.0. The molecule has 1 fully saturated rings. The summed E-state index contributed by atoms with van der Waals surface area (Å²) in [6.07, 6.45) is 12.1. The van der Waals surface area contributed by atoms with Crippen molar-refractivity contribution in [2.24, 2.45) is 11.8 Å². The van der Waals surface area contributed by atoms with E-state index in [0.717, 1.165) is 41.5 Å². The second-order valence-corrected chi connectivity index (χ2v) is 9.37. The summed E-state index contributed by atoms with van der Waals surface area (Å²) in [6.45, 7) is 2.22. The van der Waals surface area contributed by atoms with Gasteiger partial charge in [0.1, 0.15) is 5.82 Å². The van der Waals surface area contributed by atoms with E-state index >= 15 is 0 Å². The van der Waals surface area contributed by atoms with E-state index in [1.807, 2.05) is 30.3 Å². The molecule has 9 nitrogen and oxygen atoms in total. The summed E-state index contributed by atoms with van der Waals surface area (Å²) >= 11 is 0. The summed E-state index contributed by atoms with van der Waals surface area (Å²) in [4.78, 5) is 21.8. The minimum absolute atomic E-state index is 0.0569. The molecule has 3 heterocycles. The average Bonchev–Trinajstić information content (AvgIpc) is 3.61. The second kappa shape index (κ2) is 10.7. The Morgan fingerprint density at radius 1 is 1.09 bits per heavy atom. The number of nitrogens with zero attached hydrogens (tertiary/aromatic N) is 6. The molecule has 2 atom stereocenters. The summed E-state index contributed by atoms with van der Waals surface area (Å²) in [6, 6.07) is 10.0. The lowest BCUT2D eigenvalue weighted by molar-refractivity contribution is 0.0848. The molecule has 180 valence electrons. The van der Waals surface area contributed by atoms with Crippen LogP contribution in [0.5, 0.6) is 0 Å². The Balaban J connectivity index is 1.25. The lowest BCUT2D eigenvalue weighted by atomic mass is 9.77. The Hall–Kier alpha value is -3.75. The first kappa shape index (κ1) is 23.0. The van der Waals surface area contributed by atoms with Gasteiger partial charge in [-0.1, -0.05) is 63.3 Å². The summed E-state index contributed by atoms with van der Waals surface area (Å²) in [7, 11) is 0. The summed E-state index contributed by atoms with van der Waals surface area (Å²) < 4.78 is 0. The molecule has 0 spiro atoms. The van der Waals surface area contributed by atoms with Crippen molar-refractivity contribution >= 4 is 5.78 Å². The van der Waals surface area contributed by atoms with Crippen molar-refractivity contribution in [3.63, 3.8) is 0 Å². The lowest BCUT2D eigenvalue weighted by Gasteiger charge is -2.27. The summed E-state index contributed by atoms with van der Waals surface area (Å²) in [5, 5.41) is 21.6. The smallest absolute Gasteiger partial charge is 0.217 e. The number of Topliss-reactive ketones (excluding diaryl/α,β-unsaturated/α-hetero) is 1. The monoisotopic (exact) mass is 470 g/mol. The van der Waals surface area contributed by atoms with Crippen LogP contribution in [0.4, 0.5) is 0 Å². The fourth-order valence-electron chi connectivity index (χ4n) is 5.04. The Labute approximate surface area is 204 Å². The highest BCUT2D eigenvalue weighted by atomic mass is 16.1. The third-order valence-corrected chi connectivity index (χ3v) is 6.92. The summed E-state index contributed by atoms with van der Waals surface area (Å²) in [5.74, 6) is 2.37. The van der Waals surface area contributed by atoms with Crippen molar-refractivity contribution in [3.05, 3.63) is 59.9 Å². The van der Waals surface area contributed by atoms with Crippen LogP contribution in [0, 0.1) is 11.8 Å². The van der Waals surface area contributed by atoms with Gasteiger partial charge in [-0.25, -0.2) is 4.98 Å². The van der Waals surface area contributed by atoms with Gasteiger partial charge in [0, 0.05) is 35.9 Å². The average molecular weight is 471 g/mol. The molecule has 5 rings (SSSR count). The largest absolute Gasteiger partial charge is 0.290 e. The van der Waals surface area contributed by atoms with Crippen molar-refractivity contribution in [2.45, 2.75) is 58.3 Å². The maximum atomic E-state index is 13.0. The van der Waals surface area contributed by atoms with Crippen LogP contribution >= 0.6 is 0 Å². The number of ketones is 1. The highest BCUT2D eigenvalue weighted by Gasteiger charge is 2.29. The van der Waals surface area contributed by atoms with E-state index in [0.29, 0.717) is 29.8 Å². The van der Waals surface area contributed by atoms with Crippen LogP contribution in [0.2, 0.25) is 0 Å². The van der Waals surface area contributed by atoms with Gasteiger partial charge >= 0.3 is 0 Å². The fourth-order valence-corrected chi connectivity index (χ4v) is 5.04. The summed E-state index contributed by atoms with van der Waals surface area (Å²) in [5.41, 5.74) is 3.87. The molecule has 3 aromatic heterocycles. The molecular weight excluding hydrogens is 440 g/mol. The molecule has 1 aliphatic carbocycles. The standard InChI is InChI=1S/C26H30N8O/c1-2-3-5-17-6-4-7-20(14-17)24(35)26-28-23(29-30-26)15-18-8-10-19(11-9-18)22-16-27-13-12-21(22)25-31-33-34-32-25/h8-13,16-17,20H,2-7,14-15H2,1H3,(H,28,29,30)(H,31,32,33,34). The molecule has 2 N–H and O–H groups in total. The van der Waals surface area contributed by atoms with Crippen LogP contribution in [0.25, 0.3) is 22.5 Å². The molecule has 9 heteroatoms. The van der Waals surface area contributed by atoms with Gasteiger partial charge in [0.15, 0.2) is 0 Å². The van der Waals surface area contributed by atoms with Gasteiger partial charge in [0.2, 0.25) is 17.4 Å². The van der Waals surface area contributed by atoms with Gasteiger partial charge in [-0.2, -0.15) is 10.3 Å². The third kappa shape index (κ3) is 5.34. The molecule has 1 saturated carbocycles. The van der Waals surface area contributed by atoms with Crippen LogP contribution in [0.1, 0.15) is 73.9 Å². The number of carbonyl (C=O) groups excluding carboxylic acids is 1. The van der Waals surface area contributed by atoms with Crippen LogP contribution in [-0.2, 0) is 6.42 Å². The number of nitrogens with one attached hydrogen (secondary N) is 2. The number of rotatable bonds is 9. The zero-order valence-corrected chi connectivity index (χ0v) is 19.9. The highest BCUT2D eigenvalue weighted by molar-refractivity contribution is 5.94. The Bertz CT molecular complexity index is 1250. The van der Waals surface area contributed by atoms with Crippen molar-refractivity contribution in [1.82, 2.24) is 40.8 Å². The molecule has 0 bridgehead atoms. The number of unbranched alkanes of at least 4 members (excludes halogenated alkanes) is 1. The molecule has 0 aliphatic heterocycles. The van der Waals surface area contributed by atoms with Crippen LogP contribution in [0.3, 0.4) is 0 Å². The van der Waals surface area contributed by atoms with E-state index in [1.165, 1.54) is 25.7 Å². The number of aromatic amines is 2. The van der Waals surface area contributed by atoms with Gasteiger partial charge in [0.05, 0.1) is 0 Å². The number of benzene rings is 1. The van der Waals surface area contributed by atoms with Gasteiger partial charge < -0.3 is 0 Å². The minimum atomic E-state index is 0.0569. The Morgan fingerprint density at radius 2 is 1.97 bits per heavy atom. The molecule has 35 heavy (non-hydrogen) atoms. The van der Waals surface area contributed by atoms with E-state index in [2.05, 4.69) is 47.7 Å². The van der Waals surface area contributed by atoms with Crippen LogP contribution in [-0.4, -0.2) is 46.6 Å². The number of aromatic nitrogens is 8. The van der Waals surface area contributed by atoms with Gasteiger partial charge in [-0.15, -0.1) is 10.2 Å². The number of pyridine rings is 1. The second-order valence-electron chi connectivity index (χ2n) is 9.37. The van der Waals surface area contributed by atoms with E-state index in [-0.39, 0.29) is 11.7 Å². The number of hydrogen-bond acceptors (Lipinski definition) is 7. The lowest BCUT2D eigenvalue weighted by Crippen LogP contribution is -2.24. The van der Waals surface area contributed by atoms with Crippen molar-refractivity contribution in [3.8, 4) is 22.5 Å². The Morgan fingerprint density at radius 3 is 2.77 bits per heavy atom. The maximum Gasteiger partial charge on any atom is 0.217 e. The molecule has 0 radical (unpaired) electrons. The van der Waals surface area contributed by atoms with Crippen molar-refractivity contribution in [1.29, 1.82) is 0 Å². The van der Waals surface area contributed by atoms with E-state index in [4.69, 9.17) is 0 Å². The first-order valence-corrected chi connectivity index (χ1v) is 12.4. The molecule has 1 aromatic carbocycles. The van der Waals surface area contributed by atoms with Crippen LogP contribution in [0.15, 0.2) is 42.7 Å². The maximum absolute atomic E-state index is 13.0. The predicted octanol–water partition coefficient (Wildman–Crippen LogP) is 4.82. The molecular formula is C26H30N8O. The SMILES string of the molecule is CCCCC1CCCC(C(=O)c2n[nH]c(Cc3ccc(-c4cnccc4-c4nn[nH]n4)cc3)n2)C1. The number of hydrogen-bond donors (Lipinski definition) is 2. The van der Waals surface area contributed by atoms with Gasteiger partial charge in [-0.05, 0) is 41.2 Å². The highest BCUT2D eigenvalue weighted by Crippen LogP contribution is 2.34. The quantitative estimate of drug-likeness (QED) is 0.336. The zero-order chi connectivity index (χ0) is 24.0. The zero-order valence-electron chi connectivity index (χ0n) is 19.9. The van der Waals surface area contributed by atoms with Crippen molar-refractivity contribution < 1.29 is 4.79 Å². The van der Waals surface area contributed by atoms with Gasteiger partial charge in [0.25, 0.3) is 0 Å². The molecule has 4 aromatic rings.